The van der Waals surface area contributed by atoms with Crippen LogP contribution in [0.2, 0.25) is 0 Å². The second kappa shape index (κ2) is 3.78. The lowest BCUT2D eigenvalue weighted by Crippen LogP contribution is -2.14. The van der Waals surface area contributed by atoms with Gasteiger partial charge in [-0.2, -0.15) is 10.1 Å². The average molecular weight is 243 g/mol. The number of rotatable bonds is 1. The molecule has 3 aromatic rings. The van der Waals surface area contributed by atoms with E-state index in [1.165, 1.54) is 11.3 Å². The Kier molecular flexibility index (Phi) is 2.26. The maximum absolute atomic E-state index is 11.4. The molecule has 0 aliphatic rings. The molecule has 1 aromatic carbocycles. The van der Waals surface area contributed by atoms with Gasteiger partial charge in [0, 0.05) is 10.9 Å². The summed E-state index contributed by atoms with van der Waals surface area (Å²) < 4.78 is 1.72. The molecule has 5 heteroatoms. The Morgan fingerprint density at radius 3 is 2.76 bits per heavy atom. The van der Waals surface area contributed by atoms with Crippen LogP contribution in [-0.2, 0) is 0 Å². The van der Waals surface area contributed by atoms with Crippen LogP contribution in [0.1, 0.15) is 5.69 Å². The highest BCUT2D eigenvalue weighted by molar-refractivity contribution is 7.15. The van der Waals surface area contributed by atoms with E-state index in [1.807, 2.05) is 35.7 Å². The molecule has 0 aliphatic carbocycles. The molecule has 0 unspecified atom stereocenters. The fraction of sp³-hybridized carbons (Fsp3) is 0.0833. The van der Waals surface area contributed by atoms with Crippen LogP contribution in [0.15, 0.2) is 40.5 Å². The van der Waals surface area contributed by atoms with Crippen molar-refractivity contribution in [1.29, 1.82) is 0 Å². The molecule has 0 aliphatic heterocycles. The monoisotopic (exact) mass is 243 g/mol. The zero-order valence-electron chi connectivity index (χ0n) is 9.12. The van der Waals surface area contributed by atoms with Gasteiger partial charge in [-0.25, -0.2) is 4.52 Å². The zero-order chi connectivity index (χ0) is 11.8. The summed E-state index contributed by atoms with van der Waals surface area (Å²) in [6.07, 6.45) is 0. The van der Waals surface area contributed by atoms with Crippen molar-refractivity contribution < 1.29 is 0 Å². The van der Waals surface area contributed by atoms with Crippen LogP contribution >= 0.6 is 11.3 Å². The Hall–Kier alpha value is -2.01. The van der Waals surface area contributed by atoms with Gasteiger partial charge in [-0.1, -0.05) is 30.3 Å². The first-order valence-electron chi connectivity index (χ1n) is 5.16. The molecule has 3 rings (SSSR count). The van der Waals surface area contributed by atoms with Gasteiger partial charge >= 0.3 is 0 Å². The van der Waals surface area contributed by atoms with Crippen molar-refractivity contribution in [3.05, 3.63) is 51.8 Å². The molecule has 2 aromatic heterocycles. The Morgan fingerprint density at radius 1 is 1.24 bits per heavy atom. The molecule has 2 heterocycles. The minimum Gasteiger partial charge on any atom is -0.265 e. The van der Waals surface area contributed by atoms with E-state index in [9.17, 15) is 4.79 Å². The van der Waals surface area contributed by atoms with Crippen LogP contribution in [0.3, 0.4) is 0 Å². The lowest BCUT2D eigenvalue weighted by molar-refractivity contribution is 0.867. The molecule has 0 saturated heterocycles. The highest BCUT2D eigenvalue weighted by Crippen LogP contribution is 2.23. The Labute approximate surface area is 101 Å². The molecule has 84 valence electrons. The summed E-state index contributed by atoms with van der Waals surface area (Å²) in [6.45, 7) is 1.67. The summed E-state index contributed by atoms with van der Waals surface area (Å²) in [6, 6.07) is 9.94. The second-order valence-corrected chi connectivity index (χ2v) is 4.52. The normalized spacial score (nSPS) is 10.9. The van der Waals surface area contributed by atoms with E-state index in [4.69, 9.17) is 0 Å². The molecule has 0 N–H and O–H groups in total. The van der Waals surface area contributed by atoms with Gasteiger partial charge in [-0.15, -0.1) is 11.3 Å². The van der Waals surface area contributed by atoms with Crippen LogP contribution < -0.4 is 5.56 Å². The minimum absolute atomic E-state index is 0.258. The topological polar surface area (TPSA) is 47.3 Å². The number of aryl methyl sites for hydroxylation is 1. The fourth-order valence-corrected chi connectivity index (χ4v) is 2.47. The zero-order valence-corrected chi connectivity index (χ0v) is 9.94. The number of aromatic nitrogens is 3. The Bertz CT molecular complexity index is 730. The molecule has 0 fully saturated rings. The number of hydrogen-bond donors (Lipinski definition) is 0. The first kappa shape index (κ1) is 10.2. The highest BCUT2D eigenvalue weighted by atomic mass is 32.1. The molecular weight excluding hydrogens is 234 g/mol. The van der Waals surface area contributed by atoms with Gasteiger partial charge in [0.25, 0.3) is 5.56 Å². The van der Waals surface area contributed by atoms with Crippen molar-refractivity contribution in [1.82, 2.24) is 14.6 Å². The predicted molar refractivity (Wildman–Crippen MR) is 67.3 cm³/mol. The number of benzene rings is 1. The van der Waals surface area contributed by atoms with E-state index in [0.717, 1.165) is 11.3 Å². The van der Waals surface area contributed by atoms with E-state index in [2.05, 4.69) is 10.1 Å². The van der Waals surface area contributed by atoms with Crippen molar-refractivity contribution >= 4 is 16.3 Å². The second-order valence-electron chi connectivity index (χ2n) is 3.68. The summed E-state index contributed by atoms with van der Waals surface area (Å²) in [5.41, 5.74) is 2.18. The molecule has 0 bridgehead atoms. The molecule has 0 radical (unpaired) electrons. The SMILES string of the molecule is Cc1nn2c(-c3ccccc3)csc2nc1=O. The largest absolute Gasteiger partial charge is 0.295 e. The molecule has 4 nitrogen and oxygen atoms in total. The molecule has 0 saturated carbocycles. The van der Waals surface area contributed by atoms with E-state index >= 15 is 0 Å². The van der Waals surface area contributed by atoms with E-state index in [-0.39, 0.29) is 5.56 Å². The molecule has 17 heavy (non-hydrogen) atoms. The van der Waals surface area contributed by atoms with Crippen LogP contribution in [0, 0.1) is 6.92 Å². The van der Waals surface area contributed by atoms with Crippen molar-refractivity contribution in [2.45, 2.75) is 6.92 Å². The van der Waals surface area contributed by atoms with Gasteiger partial charge < -0.3 is 0 Å². The third-order valence-corrected chi connectivity index (χ3v) is 3.33. The van der Waals surface area contributed by atoms with Crippen molar-refractivity contribution in [3.8, 4) is 11.3 Å². The van der Waals surface area contributed by atoms with Crippen molar-refractivity contribution in [3.63, 3.8) is 0 Å². The minimum atomic E-state index is -0.258. The number of nitrogens with zero attached hydrogens (tertiary/aromatic N) is 3. The maximum atomic E-state index is 11.4. The summed E-state index contributed by atoms with van der Waals surface area (Å²) in [5, 5.41) is 6.23. The van der Waals surface area contributed by atoms with Crippen LogP contribution in [-0.4, -0.2) is 14.6 Å². The molecule has 0 amide bonds. The lowest BCUT2D eigenvalue weighted by Gasteiger charge is -2.00. The smallest absolute Gasteiger partial charge is 0.265 e. The molecular formula is C12H9N3OS. The predicted octanol–water partition coefficient (Wildman–Crippen LogP) is 2.13. The molecule has 0 atom stereocenters. The third-order valence-electron chi connectivity index (χ3n) is 2.51. The summed E-state index contributed by atoms with van der Waals surface area (Å²) in [4.78, 5) is 16.0. The molecule has 0 spiro atoms. The summed E-state index contributed by atoms with van der Waals surface area (Å²) >= 11 is 1.42. The van der Waals surface area contributed by atoms with Gasteiger partial charge in [-0.05, 0) is 6.92 Å². The van der Waals surface area contributed by atoms with E-state index in [1.54, 1.807) is 11.4 Å². The maximum Gasteiger partial charge on any atom is 0.295 e. The van der Waals surface area contributed by atoms with Gasteiger partial charge in [0.2, 0.25) is 4.96 Å². The van der Waals surface area contributed by atoms with Crippen LogP contribution in [0.5, 0.6) is 0 Å². The number of hydrogen-bond acceptors (Lipinski definition) is 4. The Balaban J connectivity index is 2.32. The first-order valence-corrected chi connectivity index (χ1v) is 6.04. The van der Waals surface area contributed by atoms with Crippen molar-refractivity contribution in [2.75, 3.05) is 0 Å². The third kappa shape index (κ3) is 1.64. The highest BCUT2D eigenvalue weighted by Gasteiger charge is 2.08. The van der Waals surface area contributed by atoms with Gasteiger partial charge in [0.05, 0.1) is 5.69 Å². The first-order chi connectivity index (χ1) is 8.25. The quantitative estimate of drug-likeness (QED) is 0.657. The summed E-state index contributed by atoms with van der Waals surface area (Å²) in [7, 11) is 0. The average Bonchev–Trinajstić information content (AvgIpc) is 2.74. The number of thiazole rings is 1. The number of fused-ring (bicyclic) bond motifs is 1. The van der Waals surface area contributed by atoms with Crippen LogP contribution in [0.25, 0.3) is 16.2 Å². The summed E-state index contributed by atoms with van der Waals surface area (Å²) in [5.74, 6) is 0. The van der Waals surface area contributed by atoms with Crippen molar-refractivity contribution in [2.24, 2.45) is 0 Å². The fourth-order valence-electron chi connectivity index (χ4n) is 1.64. The standard InChI is InChI=1S/C12H9N3OS/c1-8-11(16)13-12-15(14-8)10(7-17-12)9-5-3-2-4-6-9/h2-7H,1H3. The van der Waals surface area contributed by atoms with Gasteiger partial charge in [-0.3, -0.25) is 4.79 Å². The van der Waals surface area contributed by atoms with E-state index in [0.29, 0.717) is 10.7 Å². The van der Waals surface area contributed by atoms with Gasteiger partial charge in [0.15, 0.2) is 0 Å². The van der Waals surface area contributed by atoms with Crippen LogP contribution in [0.4, 0.5) is 0 Å². The lowest BCUT2D eigenvalue weighted by atomic mass is 10.2. The van der Waals surface area contributed by atoms with E-state index < -0.39 is 0 Å². The Morgan fingerprint density at radius 2 is 2.00 bits per heavy atom. The van der Waals surface area contributed by atoms with Gasteiger partial charge in [0.1, 0.15) is 5.69 Å².